The number of phenols is 21. The molecule has 0 unspecified atom stereocenters. The number of ether oxygens (including phenoxy) is 9. The highest BCUT2D eigenvalue weighted by molar-refractivity contribution is 5.93. The molecular weight excluding hydrogens is 1430 g/mol. The Labute approximate surface area is 610 Å². The van der Waals surface area contributed by atoms with Gasteiger partial charge in [-0.2, -0.15) is 0 Å². The Kier molecular flexibility index (Phi) is 21.8. The number of hydrogen-bond donors (Lipinski definition) is 21. The molecule has 33 nitrogen and oxygen atoms in total. The van der Waals surface area contributed by atoms with Gasteiger partial charge in [-0.15, -0.1) is 0 Å². The standard InChI is InChI=1S/3C25H24O11/c1-10(2)34-24-18(30)3-11(4-19(24)31)23-21(9-14-15(27)7-13(26)8-20(14)35-23)36-25(33)12-5-16(28)22(32)17(29)6-12;1-10(2)34-20-6-12(5-18(30)23(20)32)25(33)36-21-9-14-15(27)7-13(26)8-19(14)35-24(21)11-3-16(28)22(31)17(29)4-11;1-10(2)34-24-18(30)5-12(6-19(24)31)25(33)36-21-9-14-15(27)7-13(26)8-20(14)35-23(21)11-3-16(28)22(32)17(29)4-11/h3-8,10,21,23,26-32H,9H2,1-2H3;3-8,10,21,24,26-32H,9H2,1-2H3;3-8,10,21,23,26-32H,9H2,1-2H3/t21-,23-;21-,24-;21-,23-/m111/s1. The molecule has 570 valence electrons. The Morgan fingerprint density at radius 2 is 0.537 bits per heavy atom. The van der Waals surface area contributed by atoms with E-state index in [0.717, 1.165) is 72.8 Å². The molecule has 0 aromatic heterocycles. The topological polar surface area (TPSA) is 559 Å². The maximum absolute atomic E-state index is 13.1. The first kappa shape index (κ1) is 76.6. The molecule has 0 aliphatic carbocycles. The molecule has 0 radical (unpaired) electrons. The molecule has 6 atom stereocenters. The van der Waals surface area contributed by atoms with Gasteiger partial charge in [0, 0.05) is 89.0 Å². The molecule has 108 heavy (non-hydrogen) atoms. The van der Waals surface area contributed by atoms with Crippen molar-refractivity contribution in [3.8, 4) is 155 Å². The van der Waals surface area contributed by atoms with Crippen LogP contribution in [0, 0.1) is 0 Å². The average Bonchev–Trinajstić information content (AvgIpc) is 0.778. The van der Waals surface area contributed by atoms with Gasteiger partial charge in [-0.25, -0.2) is 14.4 Å². The first-order valence-corrected chi connectivity index (χ1v) is 32.5. The van der Waals surface area contributed by atoms with Crippen LogP contribution >= 0.6 is 0 Å². The molecule has 0 saturated carbocycles. The van der Waals surface area contributed by atoms with Gasteiger partial charge in [0.2, 0.25) is 17.2 Å². The van der Waals surface area contributed by atoms with Gasteiger partial charge in [0.15, 0.2) is 105 Å². The lowest BCUT2D eigenvalue weighted by atomic mass is 9.93. The second-order valence-corrected chi connectivity index (χ2v) is 25.6. The quantitative estimate of drug-likeness (QED) is 0.0258. The fraction of sp³-hybridized carbons (Fsp3) is 0.240. The minimum Gasteiger partial charge on any atom is -0.508 e. The predicted octanol–water partition coefficient (Wildman–Crippen LogP) is 9.94. The number of carbonyl (C=O) groups is 3. The third-order valence-corrected chi connectivity index (χ3v) is 16.5. The number of aromatic hydroxyl groups is 21. The second-order valence-electron chi connectivity index (χ2n) is 25.6. The minimum atomic E-state index is -1.16. The number of carbonyl (C=O) groups excluding carboxylic acids is 3. The Hall–Kier alpha value is -14.0. The fourth-order valence-electron chi connectivity index (χ4n) is 11.7. The lowest BCUT2D eigenvalue weighted by Gasteiger charge is -2.34. The molecule has 0 fully saturated rings. The maximum Gasteiger partial charge on any atom is 0.338 e. The minimum absolute atomic E-state index is 0.0716. The highest BCUT2D eigenvalue weighted by Gasteiger charge is 2.42. The van der Waals surface area contributed by atoms with Crippen LogP contribution in [-0.2, 0) is 33.5 Å². The van der Waals surface area contributed by atoms with Crippen LogP contribution in [0.15, 0.2) is 109 Å². The summed E-state index contributed by atoms with van der Waals surface area (Å²) in [7, 11) is 0. The molecule has 0 amide bonds. The summed E-state index contributed by atoms with van der Waals surface area (Å²) in [6.07, 6.45) is -8.26. The van der Waals surface area contributed by atoms with Gasteiger partial charge in [0.25, 0.3) is 0 Å². The lowest BCUT2D eigenvalue weighted by molar-refractivity contribution is -0.0193. The molecule has 0 spiro atoms. The van der Waals surface area contributed by atoms with Gasteiger partial charge in [0.1, 0.15) is 70.1 Å². The number of benzene rings is 9. The van der Waals surface area contributed by atoms with E-state index in [-0.39, 0.29) is 157 Å². The largest absolute Gasteiger partial charge is 0.508 e. The molecule has 3 aliphatic heterocycles. The van der Waals surface area contributed by atoms with Crippen molar-refractivity contribution < 1.29 is 164 Å². The van der Waals surface area contributed by atoms with Crippen LogP contribution in [0.5, 0.6) is 155 Å². The predicted molar refractivity (Wildman–Crippen MR) is 369 cm³/mol. The summed E-state index contributed by atoms with van der Waals surface area (Å²) in [6.45, 7) is 10.2. The van der Waals surface area contributed by atoms with Crippen LogP contribution in [0.2, 0.25) is 0 Å². The Morgan fingerprint density at radius 3 is 0.824 bits per heavy atom. The summed E-state index contributed by atoms with van der Waals surface area (Å²) in [5.74, 6) is -14.3. The van der Waals surface area contributed by atoms with Crippen LogP contribution in [-0.4, -0.2) is 162 Å². The molecule has 9 aromatic rings. The van der Waals surface area contributed by atoms with E-state index >= 15 is 0 Å². The highest BCUT2D eigenvalue weighted by Crippen LogP contribution is 2.51. The van der Waals surface area contributed by atoms with Crippen LogP contribution in [0.3, 0.4) is 0 Å². The SMILES string of the molecule is CC(C)Oc1c(O)cc(C(=O)O[C@@H]2Cc3c(O)cc(O)cc3O[C@@H]2c2cc(O)c(O)c(O)c2)cc1O.CC(C)Oc1c(O)cc([C@H]2Oc3cc(O)cc(O)c3C[C@H]2OC(=O)c2cc(O)c(O)c(O)c2)cc1O.CC(C)Oc1cc(C(=O)O[C@@H]2Cc3c(O)cc(O)cc3O[C@@H]2c2cc(O)c(O)c(O)c2)cc(O)c1O. The molecule has 9 aromatic carbocycles. The Balaban J connectivity index is 0.000000173. The number of phenolic OH excluding ortho intramolecular Hbond substituents is 21. The molecular formula is C75H72O33. The van der Waals surface area contributed by atoms with Crippen molar-refractivity contribution in [2.75, 3.05) is 0 Å². The van der Waals surface area contributed by atoms with E-state index < -0.39 is 141 Å². The summed E-state index contributed by atoms with van der Waals surface area (Å²) in [4.78, 5) is 38.9. The van der Waals surface area contributed by atoms with Gasteiger partial charge in [-0.3, -0.25) is 0 Å². The maximum atomic E-state index is 13.1. The zero-order valence-corrected chi connectivity index (χ0v) is 57.5. The van der Waals surface area contributed by atoms with Crippen LogP contribution in [0.25, 0.3) is 0 Å². The van der Waals surface area contributed by atoms with Crippen molar-refractivity contribution >= 4 is 17.9 Å². The number of rotatable bonds is 15. The number of hydrogen-bond acceptors (Lipinski definition) is 33. The van der Waals surface area contributed by atoms with Crippen LogP contribution < -0.4 is 28.4 Å². The van der Waals surface area contributed by atoms with Gasteiger partial charge < -0.3 is 150 Å². The molecule has 21 N–H and O–H groups in total. The van der Waals surface area contributed by atoms with Crippen molar-refractivity contribution in [2.24, 2.45) is 0 Å². The Morgan fingerprint density at radius 1 is 0.296 bits per heavy atom. The van der Waals surface area contributed by atoms with E-state index in [2.05, 4.69) is 0 Å². The van der Waals surface area contributed by atoms with E-state index in [0.29, 0.717) is 0 Å². The zero-order chi connectivity index (χ0) is 78.9. The molecule has 3 aliphatic rings. The number of fused-ring (bicyclic) bond motifs is 3. The molecule has 0 saturated heterocycles. The Bertz CT molecular complexity index is 4850. The fourth-order valence-corrected chi connectivity index (χ4v) is 11.7. The van der Waals surface area contributed by atoms with E-state index in [9.17, 15) is 122 Å². The van der Waals surface area contributed by atoms with E-state index in [4.69, 9.17) is 42.6 Å². The van der Waals surface area contributed by atoms with Crippen LogP contribution in [0.1, 0.15) is 124 Å². The van der Waals surface area contributed by atoms with Crippen molar-refractivity contribution in [2.45, 2.75) is 116 Å². The number of esters is 3. The van der Waals surface area contributed by atoms with Crippen LogP contribution in [0.4, 0.5) is 0 Å². The van der Waals surface area contributed by atoms with E-state index in [1.807, 2.05) is 0 Å². The molecule has 3 heterocycles. The normalized spacial score (nSPS) is 16.8. The first-order valence-electron chi connectivity index (χ1n) is 32.5. The highest BCUT2D eigenvalue weighted by atomic mass is 16.6. The zero-order valence-electron chi connectivity index (χ0n) is 57.5. The van der Waals surface area contributed by atoms with Gasteiger partial charge in [-0.05, 0) is 114 Å². The van der Waals surface area contributed by atoms with Crippen molar-refractivity contribution in [1.82, 2.24) is 0 Å². The summed E-state index contributed by atoms with van der Waals surface area (Å²) in [5, 5.41) is 210. The monoisotopic (exact) mass is 1500 g/mol. The molecule has 12 rings (SSSR count). The van der Waals surface area contributed by atoms with Gasteiger partial charge in [-0.1, -0.05) is 0 Å². The summed E-state index contributed by atoms with van der Waals surface area (Å²) in [6, 6.07) is 20.0. The van der Waals surface area contributed by atoms with Crippen molar-refractivity contribution in [1.29, 1.82) is 0 Å². The van der Waals surface area contributed by atoms with Gasteiger partial charge >= 0.3 is 17.9 Å². The smallest absolute Gasteiger partial charge is 0.338 e. The lowest BCUT2D eigenvalue weighted by Crippen LogP contribution is -2.34. The summed E-state index contributed by atoms with van der Waals surface area (Å²) in [5.41, 5.74) is 0.441. The first-order chi connectivity index (χ1) is 50.8. The van der Waals surface area contributed by atoms with Gasteiger partial charge in [0.05, 0.1) is 35.0 Å². The van der Waals surface area contributed by atoms with Crippen molar-refractivity contribution in [3.63, 3.8) is 0 Å². The summed E-state index contributed by atoms with van der Waals surface area (Å²) < 4.78 is 50.7. The average molecular weight is 1500 g/mol. The third kappa shape index (κ3) is 16.6. The molecule has 0 bridgehead atoms. The van der Waals surface area contributed by atoms with Crippen molar-refractivity contribution in [3.05, 3.63) is 159 Å². The van der Waals surface area contributed by atoms with E-state index in [1.165, 1.54) is 36.4 Å². The van der Waals surface area contributed by atoms with E-state index in [1.54, 1.807) is 41.5 Å². The second kappa shape index (κ2) is 30.7. The summed E-state index contributed by atoms with van der Waals surface area (Å²) >= 11 is 0. The molecule has 33 heteroatoms. The third-order valence-electron chi connectivity index (χ3n) is 16.5.